The predicted molar refractivity (Wildman–Crippen MR) is 87.9 cm³/mol. The molecule has 2 aliphatic rings. The topological polar surface area (TPSA) is 92.8 Å². The lowest BCUT2D eigenvalue weighted by Crippen LogP contribution is -2.52. The standard InChI is InChI=1S/C18H20N2O5/c1-2-3-13(10-21)25-12-4-5-14-11(8-12)9-20(18(14)24)15-6-7-16(22)19-17(15)23/h4-5,8,10,13,15H,2-3,6-7,9H2,1H3,(H,19,22,23). The number of carbonyl (C=O) groups excluding carboxylic acids is 4. The Morgan fingerprint density at radius 1 is 1.36 bits per heavy atom. The van der Waals surface area contributed by atoms with Crippen molar-refractivity contribution in [3.05, 3.63) is 29.3 Å². The van der Waals surface area contributed by atoms with Crippen LogP contribution in [0.4, 0.5) is 0 Å². The summed E-state index contributed by atoms with van der Waals surface area (Å²) in [6.45, 7) is 2.26. The molecule has 1 fully saturated rings. The van der Waals surface area contributed by atoms with Gasteiger partial charge in [-0.2, -0.15) is 0 Å². The fraction of sp³-hybridized carbons (Fsp3) is 0.444. The smallest absolute Gasteiger partial charge is 0.255 e. The van der Waals surface area contributed by atoms with Crippen LogP contribution >= 0.6 is 0 Å². The molecule has 0 aromatic heterocycles. The normalized spacial score (nSPS) is 20.9. The Labute approximate surface area is 145 Å². The summed E-state index contributed by atoms with van der Waals surface area (Å²) < 4.78 is 5.66. The number of fused-ring (bicyclic) bond motifs is 1. The lowest BCUT2D eigenvalue weighted by Gasteiger charge is -2.29. The minimum absolute atomic E-state index is 0.225. The van der Waals surface area contributed by atoms with Crippen LogP contribution in [0.15, 0.2) is 18.2 Å². The highest BCUT2D eigenvalue weighted by atomic mass is 16.5. The Hall–Kier alpha value is -2.70. The maximum atomic E-state index is 12.6. The highest BCUT2D eigenvalue weighted by Gasteiger charge is 2.39. The van der Waals surface area contributed by atoms with Gasteiger partial charge in [-0.15, -0.1) is 0 Å². The van der Waals surface area contributed by atoms with Crippen LogP contribution in [0.5, 0.6) is 5.75 Å². The van der Waals surface area contributed by atoms with E-state index in [1.165, 1.54) is 4.90 Å². The summed E-state index contributed by atoms with van der Waals surface area (Å²) >= 11 is 0. The molecule has 2 unspecified atom stereocenters. The molecule has 3 rings (SSSR count). The van der Waals surface area contributed by atoms with Crippen LogP contribution in [-0.4, -0.2) is 41.1 Å². The third-order valence-electron chi connectivity index (χ3n) is 4.51. The molecule has 0 radical (unpaired) electrons. The highest BCUT2D eigenvalue weighted by molar-refractivity contribution is 6.05. The van der Waals surface area contributed by atoms with Gasteiger partial charge in [0.1, 0.15) is 11.8 Å². The molecule has 1 aromatic carbocycles. The van der Waals surface area contributed by atoms with E-state index in [0.29, 0.717) is 24.2 Å². The minimum Gasteiger partial charge on any atom is -0.483 e. The van der Waals surface area contributed by atoms with E-state index in [9.17, 15) is 19.2 Å². The van der Waals surface area contributed by atoms with Gasteiger partial charge in [0.15, 0.2) is 12.4 Å². The molecule has 2 heterocycles. The molecule has 2 atom stereocenters. The fourth-order valence-electron chi connectivity index (χ4n) is 3.24. The average molecular weight is 344 g/mol. The lowest BCUT2D eigenvalue weighted by atomic mass is 10.0. The van der Waals surface area contributed by atoms with Crippen molar-refractivity contribution < 1.29 is 23.9 Å². The minimum atomic E-state index is -0.634. The van der Waals surface area contributed by atoms with Gasteiger partial charge in [-0.05, 0) is 36.6 Å². The van der Waals surface area contributed by atoms with Gasteiger partial charge in [0, 0.05) is 18.5 Å². The van der Waals surface area contributed by atoms with Gasteiger partial charge in [0.2, 0.25) is 11.8 Å². The molecule has 3 amide bonds. The summed E-state index contributed by atoms with van der Waals surface area (Å²) in [5.41, 5.74) is 1.28. The molecule has 1 saturated heterocycles. The molecule has 25 heavy (non-hydrogen) atoms. The molecule has 7 nitrogen and oxygen atoms in total. The van der Waals surface area contributed by atoms with E-state index in [1.54, 1.807) is 18.2 Å². The van der Waals surface area contributed by atoms with Gasteiger partial charge in [0.25, 0.3) is 5.91 Å². The summed E-state index contributed by atoms with van der Waals surface area (Å²) in [4.78, 5) is 48.4. The van der Waals surface area contributed by atoms with E-state index in [2.05, 4.69) is 5.32 Å². The first kappa shape index (κ1) is 17.1. The summed E-state index contributed by atoms with van der Waals surface area (Å²) in [6, 6.07) is 4.43. The molecule has 0 bridgehead atoms. The maximum Gasteiger partial charge on any atom is 0.255 e. The van der Waals surface area contributed by atoms with Crippen LogP contribution in [0.1, 0.15) is 48.5 Å². The number of rotatable bonds is 6. The summed E-state index contributed by atoms with van der Waals surface area (Å²) in [5.74, 6) is -0.437. The number of amides is 3. The zero-order valence-corrected chi connectivity index (χ0v) is 14.0. The van der Waals surface area contributed by atoms with Crippen molar-refractivity contribution in [1.82, 2.24) is 10.2 Å². The molecule has 0 aliphatic carbocycles. The zero-order valence-electron chi connectivity index (χ0n) is 14.0. The van der Waals surface area contributed by atoms with Gasteiger partial charge in [-0.25, -0.2) is 0 Å². The Kier molecular flexibility index (Phi) is 4.83. The first-order valence-corrected chi connectivity index (χ1v) is 8.43. The van der Waals surface area contributed by atoms with Crippen molar-refractivity contribution in [2.45, 2.75) is 51.3 Å². The number of hydrogen-bond acceptors (Lipinski definition) is 5. The van der Waals surface area contributed by atoms with Gasteiger partial charge < -0.3 is 9.64 Å². The third-order valence-corrected chi connectivity index (χ3v) is 4.51. The second-order valence-electron chi connectivity index (χ2n) is 6.30. The monoisotopic (exact) mass is 344 g/mol. The molecular formula is C18H20N2O5. The largest absolute Gasteiger partial charge is 0.483 e. The predicted octanol–water partition coefficient (Wildman–Crippen LogP) is 1.19. The number of aldehydes is 1. The molecule has 1 N–H and O–H groups in total. The summed E-state index contributed by atoms with van der Waals surface area (Å²) in [5, 5.41) is 2.28. The van der Waals surface area contributed by atoms with Crippen LogP contribution < -0.4 is 10.1 Å². The Morgan fingerprint density at radius 3 is 2.84 bits per heavy atom. The van der Waals surface area contributed by atoms with E-state index in [-0.39, 0.29) is 24.8 Å². The second-order valence-corrected chi connectivity index (χ2v) is 6.30. The number of ether oxygens (including phenoxy) is 1. The van der Waals surface area contributed by atoms with Crippen molar-refractivity contribution in [3.63, 3.8) is 0 Å². The Bertz CT molecular complexity index is 730. The van der Waals surface area contributed by atoms with Gasteiger partial charge in [0.05, 0.1) is 0 Å². The quantitative estimate of drug-likeness (QED) is 0.618. The first-order valence-electron chi connectivity index (χ1n) is 8.43. The number of nitrogens with one attached hydrogen (secondary N) is 1. The van der Waals surface area contributed by atoms with Gasteiger partial charge in [-0.1, -0.05) is 13.3 Å². The van der Waals surface area contributed by atoms with Crippen LogP contribution in [0.25, 0.3) is 0 Å². The number of hydrogen-bond donors (Lipinski definition) is 1. The molecule has 1 aromatic rings. The lowest BCUT2D eigenvalue weighted by molar-refractivity contribution is -0.136. The summed E-state index contributed by atoms with van der Waals surface area (Å²) in [7, 11) is 0. The van der Waals surface area contributed by atoms with Crippen molar-refractivity contribution in [3.8, 4) is 5.75 Å². The average Bonchev–Trinajstić information content (AvgIpc) is 2.90. The molecule has 132 valence electrons. The molecular weight excluding hydrogens is 324 g/mol. The maximum absolute atomic E-state index is 12.6. The van der Waals surface area contributed by atoms with Crippen molar-refractivity contribution >= 4 is 24.0 Å². The molecule has 0 spiro atoms. The third kappa shape index (κ3) is 3.40. The number of benzene rings is 1. The molecule has 7 heteroatoms. The van der Waals surface area contributed by atoms with Crippen molar-refractivity contribution in [1.29, 1.82) is 0 Å². The first-order chi connectivity index (χ1) is 12.0. The number of nitrogens with zero attached hydrogens (tertiary/aromatic N) is 1. The van der Waals surface area contributed by atoms with Crippen LogP contribution in [0.3, 0.4) is 0 Å². The second kappa shape index (κ2) is 7.04. The van der Waals surface area contributed by atoms with Crippen molar-refractivity contribution in [2.24, 2.45) is 0 Å². The van der Waals surface area contributed by atoms with Crippen LogP contribution in [-0.2, 0) is 20.9 Å². The van der Waals surface area contributed by atoms with Gasteiger partial charge in [-0.3, -0.25) is 24.5 Å². The molecule has 0 saturated carbocycles. The van der Waals surface area contributed by atoms with E-state index in [0.717, 1.165) is 18.3 Å². The Morgan fingerprint density at radius 2 is 2.16 bits per heavy atom. The van der Waals surface area contributed by atoms with Gasteiger partial charge >= 0.3 is 0 Å². The Balaban J connectivity index is 1.76. The SMILES string of the molecule is CCCC(C=O)Oc1ccc2c(c1)CN(C1CCC(=O)NC1=O)C2=O. The van der Waals surface area contributed by atoms with Crippen LogP contribution in [0.2, 0.25) is 0 Å². The number of carbonyl (C=O) groups is 4. The zero-order chi connectivity index (χ0) is 18.0. The number of piperidine rings is 1. The highest BCUT2D eigenvalue weighted by Crippen LogP contribution is 2.30. The molecule has 2 aliphatic heterocycles. The number of imide groups is 1. The van der Waals surface area contributed by atoms with Crippen molar-refractivity contribution in [2.75, 3.05) is 0 Å². The van der Waals surface area contributed by atoms with E-state index < -0.39 is 18.1 Å². The van der Waals surface area contributed by atoms with E-state index in [1.807, 2.05) is 6.92 Å². The van der Waals surface area contributed by atoms with E-state index >= 15 is 0 Å². The van der Waals surface area contributed by atoms with E-state index in [4.69, 9.17) is 4.74 Å². The summed E-state index contributed by atoms with van der Waals surface area (Å²) in [6.07, 6.45) is 2.28. The van der Waals surface area contributed by atoms with Crippen LogP contribution in [0, 0.1) is 0 Å². The fourth-order valence-corrected chi connectivity index (χ4v) is 3.24.